The van der Waals surface area contributed by atoms with Crippen molar-refractivity contribution in [3.8, 4) is 11.4 Å². The van der Waals surface area contributed by atoms with Gasteiger partial charge in [-0.25, -0.2) is 9.37 Å². The third-order valence-electron chi connectivity index (χ3n) is 3.21. The molecule has 1 aromatic heterocycles. The van der Waals surface area contributed by atoms with Gasteiger partial charge in [0, 0.05) is 6.07 Å². The van der Waals surface area contributed by atoms with Crippen LogP contribution in [0.3, 0.4) is 0 Å². The van der Waals surface area contributed by atoms with E-state index in [1.165, 1.54) is 6.07 Å². The lowest BCUT2D eigenvalue weighted by atomic mass is 10.2. The van der Waals surface area contributed by atoms with E-state index < -0.39 is 0 Å². The smallest absolute Gasteiger partial charge is 0.142 e. The van der Waals surface area contributed by atoms with Gasteiger partial charge in [-0.15, -0.1) is 11.6 Å². The highest BCUT2D eigenvalue weighted by Crippen LogP contribution is 2.31. The Hall–Kier alpha value is -1.59. The number of methoxy groups -OCH3 is 1. The van der Waals surface area contributed by atoms with Crippen LogP contribution in [-0.2, 0) is 5.88 Å². The van der Waals surface area contributed by atoms with E-state index >= 15 is 0 Å². The number of hydrogen-bond donors (Lipinski definition) is 0. The molecule has 0 saturated heterocycles. The summed E-state index contributed by atoms with van der Waals surface area (Å²) >= 11 is 9.21. The van der Waals surface area contributed by atoms with E-state index in [1.54, 1.807) is 13.2 Å². The number of hydrogen-bond acceptors (Lipinski definition) is 2. The van der Waals surface area contributed by atoms with Crippen LogP contribution in [0.25, 0.3) is 16.7 Å². The van der Waals surface area contributed by atoms with Gasteiger partial charge < -0.3 is 4.74 Å². The van der Waals surface area contributed by atoms with Crippen molar-refractivity contribution in [3.63, 3.8) is 0 Å². The van der Waals surface area contributed by atoms with E-state index in [4.69, 9.17) is 16.3 Å². The minimum absolute atomic E-state index is 0.214. The number of para-hydroxylation sites is 2. The minimum Gasteiger partial charge on any atom is -0.495 e. The lowest BCUT2D eigenvalue weighted by Gasteiger charge is -2.12. The number of benzene rings is 2. The first kappa shape index (κ1) is 14.4. The maximum Gasteiger partial charge on any atom is 0.142 e. The second-order valence-corrected chi connectivity index (χ2v) is 5.55. The van der Waals surface area contributed by atoms with Crippen LogP contribution in [0.5, 0.6) is 5.75 Å². The first-order valence-electron chi connectivity index (χ1n) is 6.21. The van der Waals surface area contributed by atoms with Crippen LogP contribution in [0.1, 0.15) is 5.82 Å². The molecule has 3 nitrogen and oxygen atoms in total. The molecule has 0 bridgehead atoms. The van der Waals surface area contributed by atoms with Crippen molar-refractivity contribution in [1.82, 2.24) is 9.55 Å². The maximum atomic E-state index is 13.7. The molecule has 0 fully saturated rings. The van der Waals surface area contributed by atoms with Crippen LogP contribution < -0.4 is 4.74 Å². The zero-order chi connectivity index (χ0) is 15.0. The van der Waals surface area contributed by atoms with Gasteiger partial charge in [0.1, 0.15) is 17.4 Å². The molecule has 2 aromatic carbocycles. The van der Waals surface area contributed by atoms with Crippen LogP contribution in [0.15, 0.2) is 40.9 Å². The molecule has 0 atom stereocenters. The van der Waals surface area contributed by atoms with Crippen molar-refractivity contribution >= 4 is 38.6 Å². The van der Waals surface area contributed by atoms with Gasteiger partial charge >= 0.3 is 0 Å². The van der Waals surface area contributed by atoms with Crippen molar-refractivity contribution < 1.29 is 9.13 Å². The Morgan fingerprint density at radius 2 is 2.10 bits per heavy atom. The molecule has 0 spiro atoms. The Balaban J connectivity index is 2.37. The van der Waals surface area contributed by atoms with Crippen LogP contribution in [0, 0.1) is 5.82 Å². The summed E-state index contributed by atoms with van der Waals surface area (Å²) in [5.41, 5.74) is 2.14. The fourth-order valence-corrected chi connectivity index (χ4v) is 2.81. The van der Waals surface area contributed by atoms with Gasteiger partial charge in [-0.2, -0.15) is 0 Å². The van der Waals surface area contributed by atoms with Gasteiger partial charge in [0.15, 0.2) is 0 Å². The Labute approximate surface area is 134 Å². The van der Waals surface area contributed by atoms with Crippen molar-refractivity contribution in [3.05, 3.63) is 52.5 Å². The third-order valence-corrected chi connectivity index (χ3v) is 4.06. The first-order valence-corrected chi connectivity index (χ1v) is 7.54. The molecule has 3 rings (SSSR count). The molecule has 0 saturated carbocycles. The maximum absolute atomic E-state index is 13.7. The number of rotatable bonds is 3. The number of halogens is 3. The molecule has 0 aliphatic rings. The first-order chi connectivity index (χ1) is 10.2. The number of aromatic nitrogens is 2. The molecular formula is C15H11BrClFN2O. The summed E-state index contributed by atoms with van der Waals surface area (Å²) < 4.78 is 21.3. The highest BCUT2D eigenvalue weighted by atomic mass is 79.9. The van der Waals surface area contributed by atoms with E-state index in [0.29, 0.717) is 21.6 Å². The molecular weight excluding hydrogens is 359 g/mol. The molecule has 1 heterocycles. The summed E-state index contributed by atoms with van der Waals surface area (Å²) in [6.45, 7) is 0. The molecule has 21 heavy (non-hydrogen) atoms. The molecule has 0 aliphatic heterocycles. The molecule has 3 aromatic rings. The Morgan fingerprint density at radius 3 is 2.81 bits per heavy atom. The quantitative estimate of drug-likeness (QED) is 0.627. The largest absolute Gasteiger partial charge is 0.495 e. The molecule has 108 valence electrons. The van der Waals surface area contributed by atoms with Gasteiger partial charge in [0.25, 0.3) is 0 Å². The van der Waals surface area contributed by atoms with E-state index in [1.807, 2.05) is 28.8 Å². The monoisotopic (exact) mass is 368 g/mol. The van der Waals surface area contributed by atoms with Crippen molar-refractivity contribution in [1.29, 1.82) is 0 Å². The number of nitrogens with zero attached hydrogens (tertiary/aromatic N) is 2. The predicted molar refractivity (Wildman–Crippen MR) is 84.8 cm³/mol. The number of fused-ring (bicyclic) bond motifs is 1. The molecule has 0 amide bonds. The van der Waals surface area contributed by atoms with Crippen molar-refractivity contribution in [2.75, 3.05) is 7.11 Å². The van der Waals surface area contributed by atoms with Gasteiger partial charge in [-0.05, 0) is 34.1 Å². The Bertz CT molecular complexity index is 819. The zero-order valence-corrected chi connectivity index (χ0v) is 13.4. The Morgan fingerprint density at radius 1 is 1.33 bits per heavy atom. The molecule has 6 heteroatoms. The SMILES string of the molecule is COc1ccccc1-n1c(CCl)nc2cc(F)c(Br)cc21. The fraction of sp³-hybridized carbons (Fsp3) is 0.133. The summed E-state index contributed by atoms with van der Waals surface area (Å²) in [7, 11) is 1.61. The number of ether oxygens (including phenoxy) is 1. The van der Waals surface area contributed by atoms with Gasteiger partial charge in [-0.1, -0.05) is 12.1 Å². The average Bonchev–Trinajstić information content (AvgIpc) is 2.85. The van der Waals surface area contributed by atoms with Crippen LogP contribution in [0.2, 0.25) is 0 Å². The predicted octanol–water partition coefficient (Wildman–Crippen LogP) is 4.67. The Kier molecular flexibility index (Phi) is 3.87. The van der Waals surface area contributed by atoms with Crippen LogP contribution >= 0.6 is 27.5 Å². The van der Waals surface area contributed by atoms with Crippen LogP contribution in [0.4, 0.5) is 4.39 Å². The number of alkyl halides is 1. The summed E-state index contributed by atoms with van der Waals surface area (Å²) in [5.74, 6) is 1.19. The lowest BCUT2D eigenvalue weighted by molar-refractivity contribution is 0.413. The van der Waals surface area contributed by atoms with E-state index in [9.17, 15) is 4.39 Å². The second kappa shape index (κ2) is 5.66. The van der Waals surface area contributed by atoms with Crippen molar-refractivity contribution in [2.24, 2.45) is 0 Å². The van der Waals surface area contributed by atoms with Gasteiger partial charge in [0.05, 0.1) is 34.2 Å². The summed E-state index contributed by atoms with van der Waals surface area (Å²) in [5, 5.41) is 0. The summed E-state index contributed by atoms with van der Waals surface area (Å²) in [6, 6.07) is 10.6. The molecule has 0 aliphatic carbocycles. The topological polar surface area (TPSA) is 27.1 Å². The zero-order valence-electron chi connectivity index (χ0n) is 11.1. The average molecular weight is 370 g/mol. The van der Waals surface area contributed by atoms with Gasteiger partial charge in [0.2, 0.25) is 0 Å². The lowest BCUT2D eigenvalue weighted by Crippen LogP contribution is -2.01. The third kappa shape index (κ3) is 2.40. The van der Waals surface area contributed by atoms with Crippen LogP contribution in [-0.4, -0.2) is 16.7 Å². The highest BCUT2D eigenvalue weighted by Gasteiger charge is 2.16. The fourth-order valence-electron chi connectivity index (χ4n) is 2.30. The molecule has 0 N–H and O–H groups in total. The highest BCUT2D eigenvalue weighted by molar-refractivity contribution is 9.10. The summed E-state index contributed by atoms with van der Waals surface area (Å²) in [4.78, 5) is 4.40. The molecule has 0 radical (unpaired) electrons. The minimum atomic E-state index is -0.353. The number of imidazole rings is 1. The normalized spacial score (nSPS) is 11.0. The van der Waals surface area contributed by atoms with Gasteiger partial charge in [-0.3, -0.25) is 4.57 Å². The summed E-state index contributed by atoms with van der Waals surface area (Å²) in [6.07, 6.45) is 0. The molecule has 0 unspecified atom stereocenters. The standard InChI is InChI=1S/C15H11BrClFN2O/c1-21-14-5-3-2-4-12(14)20-13-6-9(16)10(18)7-11(13)19-15(20)8-17/h2-7H,8H2,1H3. The van der Waals surface area contributed by atoms with E-state index in [2.05, 4.69) is 20.9 Å². The van der Waals surface area contributed by atoms with E-state index in [0.717, 1.165) is 11.2 Å². The second-order valence-electron chi connectivity index (χ2n) is 4.42. The van der Waals surface area contributed by atoms with Crippen molar-refractivity contribution in [2.45, 2.75) is 5.88 Å². The van der Waals surface area contributed by atoms with E-state index in [-0.39, 0.29) is 11.7 Å².